The predicted octanol–water partition coefficient (Wildman–Crippen LogP) is 2.56. The van der Waals surface area contributed by atoms with Crippen molar-refractivity contribution < 1.29 is 17.9 Å². The van der Waals surface area contributed by atoms with Crippen LogP contribution in [0.15, 0.2) is 58.2 Å². The third kappa shape index (κ3) is 4.15. The fourth-order valence-electron chi connectivity index (χ4n) is 2.55. The minimum atomic E-state index is -4.01. The predicted molar refractivity (Wildman–Crippen MR) is 105 cm³/mol. The lowest BCUT2D eigenvalue weighted by Crippen LogP contribution is -2.19. The summed E-state index contributed by atoms with van der Waals surface area (Å²) >= 11 is 0. The normalized spacial score (nSPS) is 11.1. The van der Waals surface area contributed by atoms with E-state index in [1.807, 2.05) is 31.2 Å². The standard InChI is InChI=1S/C19H19N3O5S/c1-12-4-6-13(7-5-12)15-11-18(23)21-19(20-15)22-28(24,25)14-8-9-16(26-2)17(10-14)27-3/h4-11H,1-3H3,(H2,20,21,22,23). The minimum Gasteiger partial charge on any atom is -0.493 e. The molecule has 146 valence electrons. The fraction of sp³-hybridized carbons (Fsp3) is 0.158. The van der Waals surface area contributed by atoms with Crippen molar-refractivity contribution >= 4 is 16.0 Å². The third-order valence-electron chi connectivity index (χ3n) is 3.99. The highest BCUT2D eigenvalue weighted by atomic mass is 32.2. The molecule has 0 unspecified atom stereocenters. The summed E-state index contributed by atoms with van der Waals surface area (Å²) in [5.74, 6) is 0.479. The van der Waals surface area contributed by atoms with Gasteiger partial charge in [0.05, 0.1) is 24.8 Å². The number of H-pyrrole nitrogens is 1. The number of hydrogen-bond donors (Lipinski definition) is 2. The topological polar surface area (TPSA) is 110 Å². The number of aromatic amines is 1. The Balaban J connectivity index is 1.96. The van der Waals surface area contributed by atoms with Crippen molar-refractivity contribution in [1.82, 2.24) is 9.97 Å². The highest BCUT2D eigenvalue weighted by Gasteiger charge is 2.19. The summed E-state index contributed by atoms with van der Waals surface area (Å²) in [6, 6.07) is 12.9. The van der Waals surface area contributed by atoms with Crippen LogP contribution in [0.1, 0.15) is 5.56 Å². The van der Waals surface area contributed by atoms with Crippen LogP contribution >= 0.6 is 0 Å². The van der Waals surface area contributed by atoms with Crippen molar-refractivity contribution in [2.75, 3.05) is 18.9 Å². The average Bonchev–Trinajstić information content (AvgIpc) is 2.67. The van der Waals surface area contributed by atoms with Gasteiger partial charge in [-0.2, -0.15) is 0 Å². The van der Waals surface area contributed by atoms with Gasteiger partial charge in [0.25, 0.3) is 15.6 Å². The maximum atomic E-state index is 12.7. The van der Waals surface area contributed by atoms with E-state index in [0.717, 1.165) is 5.56 Å². The van der Waals surface area contributed by atoms with Crippen molar-refractivity contribution in [3.8, 4) is 22.8 Å². The number of hydrogen-bond acceptors (Lipinski definition) is 6. The van der Waals surface area contributed by atoms with E-state index in [4.69, 9.17) is 9.47 Å². The number of methoxy groups -OCH3 is 2. The first-order valence-corrected chi connectivity index (χ1v) is 9.74. The highest BCUT2D eigenvalue weighted by Crippen LogP contribution is 2.30. The summed E-state index contributed by atoms with van der Waals surface area (Å²) in [7, 11) is -1.15. The molecule has 2 N–H and O–H groups in total. The molecule has 0 radical (unpaired) electrons. The lowest BCUT2D eigenvalue weighted by molar-refractivity contribution is 0.354. The zero-order chi connectivity index (χ0) is 20.3. The van der Waals surface area contributed by atoms with Crippen LogP contribution in [0.3, 0.4) is 0 Å². The van der Waals surface area contributed by atoms with Crippen LogP contribution in [0.4, 0.5) is 5.95 Å². The SMILES string of the molecule is COc1ccc(S(=O)(=O)Nc2nc(-c3ccc(C)cc3)cc(=O)[nH]2)cc1OC. The molecule has 3 aromatic rings. The molecule has 0 saturated heterocycles. The first-order valence-electron chi connectivity index (χ1n) is 8.25. The second-order valence-corrected chi connectivity index (χ2v) is 7.65. The molecule has 0 amide bonds. The molecule has 0 spiro atoms. The number of benzene rings is 2. The Morgan fingerprint density at radius 1 is 0.964 bits per heavy atom. The van der Waals surface area contributed by atoms with Gasteiger partial charge in [0.2, 0.25) is 5.95 Å². The summed E-state index contributed by atoms with van der Waals surface area (Å²) in [4.78, 5) is 18.5. The van der Waals surface area contributed by atoms with Gasteiger partial charge in [-0.15, -0.1) is 0 Å². The monoisotopic (exact) mass is 401 g/mol. The number of aromatic nitrogens is 2. The number of aryl methyl sites for hydroxylation is 1. The maximum Gasteiger partial charge on any atom is 0.264 e. The molecule has 0 bridgehead atoms. The zero-order valence-electron chi connectivity index (χ0n) is 15.5. The first kappa shape index (κ1) is 19.4. The summed E-state index contributed by atoms with van der Waals surface area (Å²) in [6.45, 7) is 1.94. The molecule has 0 aliphatic carbocycles. The van der Waals surface area contributed by atoms with Crippen LogP contribution in [0.5, 0.6) is 11.5 Å². The van der Waals surface area contributed by atoms with Crippen LogP contribution in [0.2, 0.25) is 0 Å². The Morgan fingerprint density at radius 2 is 1.64 bits per heavy atom. The molecule has 0 fully saturated rings. The van der Waals surface area contributed by atoms with Gasteiger partial charge < -0.3 is 9.47 Å². The Hall–Kier alpha value is -3.33. The van der Waals surface area contributed by atoms with Crippen LogP contribution < -0.4 is 19.8 Å². The van der Waals surface area contributed by atoms with Gasteiger partial charge in [-0.05, 0) is 19.1 Å². The molecule has 0 saturated carbocycles. The van der Waals surface area contributed by atoms with Crippen molar-refractivity contribution in [2.24, 2.45) is 0 Å². The Bertz CT molecular complexity index is 1150. The number of rotatable bonds is 6. The van der Waals surface area contributed by atoms with Crippen LogP contribution in [-0.4, -0.2) is 32.6 Å². The second-order valence-electron chi connectivity index (χ2n) is 5.97. The molecule has 8 nitrogen and oxygen atoms in total. The van der Waals surface area contributed by atoms with Gasteiger partial charge in [-0.25, -0.2) is 18.1 Å². The lowest BCUT2D eigenvalue weighted by atomic mass is 10.1. The largest absolute Gasteiger partial charge is 0.493 e. The van der Waals surface area contributed by atoms with Gasteiger partial charge in [-0.1, -0.05) is 29.8 Å². The lowest BCUT2D eigenvalue weighted by Gasteiger charge is -2.11. The van der Waals surface area contributed by atoms with Gasteiger partial charge in [0, 0.05) is 17.7 Å². The van der Waals surface area contributed by atoms with E-state index in [-0.39, 0.29) is 16.6 Å². The fourth-order valence-corrected chi connectivity index (χ4v) is 3.53. The van der Waals surface area contributed by atoms with E-state index in [0.29, 0.717) is 17.0 Å². The number of sulfonamides is 1. The highest BCUT2D eigenvalue weighted by molar-refractivity contribution is 7.92. The summed E-state index contributed by atoms with van der Waals surface area (Å²) in [6.07, 6.45) is 0. The number of anilines is 1. The molecule has 28 heavy (non-hydrogen) atoms. The second kappa shape index (κ2) is 7.73. The van der Waals surface area contributed by atoms with Crippen molar-refractivity contribution in [2.45, 2.75) is 11.8 Å². The van der Waals surface area contributed by atoms with Crippen molar-refractivity contribution in [3.63, 3.8) is 0 Å². The average molecular weight is 401 g/mol. The summed E-state index contributed by atoms with van der Waals surface area (Å²) < 4.78 is 38.0. The molecule has 0 atom stereocenters. The molecule has 0 aliphatic rings. The zero-order valence-corrected chi connectivity index (χ0v) is 16.3. The molecule has 0 aliphatic heterocycles. The Morgan fingerprint density at radius 3 is 2.29 bits per heavy atom. The van der Waals surface area contributed by atoms with Crippen molar-refractivity contribution in [1.29, 1.82) is 0 Å². The van der Waals surface area contributed by atoms with Crippen molar-refractivity contribution in [3.05, 3.63) is 64.4 Å². The van der Waals surface area contributed by atoms with Crippen LogP contribution in [-0.2, 0) is 10.0 Å². The number of nitrogens with zero attached hydrogens (tertiary/aromatic N) is 1. The molecule has 3 rings (SSSR count). The van der Waals surface area contributed by atoms with E-state index in [1.54, 1.807) is 0 Å². The molecule has 9 heteroatoms. The maximum absolute atomic E-state index is 12.7. The summed E-state index contributed by atoms with van der Waals surface area (Å²) in [5.41, 5.74) is 1.63. The minimum absolute atomic E-state index is 0.0615. The molecule has 1 aromatic heterocycles. The smallest absolute Gasteiger partial charge is 0.264 e. The van der Waals surface area contributed by atoms with E-state index in [2.05, 4.69) is 14.7 Å². The number of ether oxygens (including phenoxy) is 2. The van der Waals surface area contributed by atoms with Gasteiger partial charge >= 0.3 is 0 Å². The molecular weight excluding hydrogens is 382 g/mol. The van der Waals surface area contributed by atoms with Crippen LogP contribution in [0, 0.1) is 6.92 Å². The van der Waals surface area contributed by atoms with E-state index >= 15 is 0 Å². The van der Waals surface area contributed by atoms with Gasteiger partial charge in [-0.3, -0.25) is 9.78 Å². The van der Waals surface area contributed by atoms with E-state index < -0.39 is 15.6 Å². The molecule has 2 aromatic carbocycles. The Labute approximate surface area is 162 Å². The summed E-state index contributed by atoms with van der Waals surface area (Å²) in [5, 5.41) is 0. The third-order valence-corrected chi connectivity index (χ3v) is 5.32. The molecule has 1 heterocycles. The van der Waals surface area contributed by atoms with E-state index in [1.165, 1.54) is 38.5 Å². The Kier molecular flexibility index (Phi) is 5.36. The number of nitrogens with one attached hydrogen (secondary N) is 2. The quantitative estimate of drug-likeness (QED) is 0.657. The van der Waals surface area contributed by atoms with Crippen LogP contribution in [0.25, 0.3) is 11.3 Å². The van der Waals surface area contributed by atoms with Gasteiger partial charge in [0.1, 0.15) is 0 Å². The molecular formula is C19H19N3O5S. The first-order chi connectivity index (χ1) is 13.3. The van der Waals surface area contributed by atoms with E-state index in [9.17, 15) is 13.2 Å². The van der Waals surface area contributed by atoms with Gasteiger partial charge in [0.15, 0.2) is 11.5 Å².